The highest BCUT2D eigenvalue weighted by Gasteiger charge is 2.18. The van der Waals surface area contributed by atoms with Gasteiger partial charge in [-0.05, 0) is 19.4 Å². The van der Waals surface area contributed by atoms with E-state index in [0.717, 1.165) is 12.5 Å². The van der Waals surface area contributed by atoms with Gasteiger partial charge < -0.3 is 9.84 Å². The fourth-order valence-electron chi connectivity index (χ4n) is 2.14. The highest BCUT2D eigenvalue weighted by molar-refractivity contribution is 5.18. The zero-order valence-electron chi connectivity index (χ0n) is 13.3. The van der Waals surface area contributed by atoms with Gasteiger partial charge in [0.2, 0.25) is 0 Å². The van der Waals surface area contributed by atoms with Crippen LogP contribution >= 0.6 is 0 Å². The Morgan fingerprint density at radius 2 is 2.14 bits per heavy atom. The van der Waals surface area contributed by atoms with E-state index >= 15 is 0 Å². The Kier molecular flexibility index (Phi) is 8.24. The van der Waals surface area contributed by atoms with Crippen molar-refractivity contribution in [3.05, 3.63) is 48.1 Å². The van der Waals surface area contributed by atoms with Gasteiger partial charge in [0.25, 0.3) is 0 Å². The molecule has 0 fully saturated rings. The van der Waals surface area contributed by atoms with Crippen LogP contribution in [0.25, 0.3) is 0 Å². The van der Waals surface area contributed by atoms with Gasteiger partial charge in [0, 0.05) is 30.8 Å². The standard InChI is InChI=1S/C17H25F2NO2/c1-4-8-22-12-16(21)11-20(13(3)5-2)10-14-6-7-15(18)9-17(14)19/h4,6-7,9,13,16,21H,1,5,8,10-12H2,2-3H3. The van der Waals surface area contributed by atoms with E-state index in [2.05, 4.69) is 6.58 Å². The molecule has 5 heteroatoms. The second-order valence-electron chi connectivity index (χ2n) is 5.40. The summed E-state index contributed by atoms with van der Waals surface area (Å²) in [4.78, 5) is 1.97. The third kappa shape index (κ3) is 6.22. The van der Waals surface area contributed by atoms with Crippen LogP contribution in [-0.4, -0.2) is 41.9 Å². The minimum absolute atomic E-state index is 0.165. The Morgan fingerprint density at radius 1 is 1.41 bits per heavy atom. The molecule has 22 heavy (non-hydrogen) atoms. The summed E-state index contributed by atoms with van der Waals surface area (Å²) in [5.74, 6) is -1.15. The number of rotatable bonds is 10. The SMILES string of the molecule is C=CCOCC(O)CN(Cc1ccc(F)cc1F)C(C)CC. The summed E-state index contributed by atoms with van der Waals surface area (Å²) in [6.45, 7) is 8.85. The molecule has 0 radical (unpaired) electrons. The number of halogens is 2. The van der Waals surface area contributed by atoms with Crippen molar-refractivity contribution in [1.82, 2.24) is 4.90 Å². The lowest BCUT2D eigenvalue weighted by molar-refractivity contribution is 0.0154. The van der Waals surface area contributed by atoms with Crippen LogP contribution in [0.1, 0.15) is 25.8 Å². The Balaban J connectivity index is 2.69. The highest BCUT2D eigenvalue weighted by atomic mass is 19.1. The van der Waals surface area contributed by atoms with Gasteiger partial charge >= 0.3 is 0 Å². The molecule has 124 valence electrons. The molecule has 0 aliphatic rings. The third-order valence-electron chi connectivity index (χ3n) is 3.59. The summed E-state index contributed by atoms with van der Waals surface area (Å²) in [6.07, 6.45) is 1.81. The zero-order chi connectivity index (χ0) is 16.5. The second-order valence-corrected chi connectivity index (χ2v) is 5.40. The minimum atomic E-state index is -0.669. The van der Waals surface area contributed by atoms with Crippen molar-refractivity contribution in [3.63, 3.8) is 0 Å². The molecule has 0 aliphatic carbocycles. The van der Waals surface area contributed by atoms with Crippen LogP contribution in [0.3, 0.4) is 0 Å². The molecule has 0 aliphatic heterocycles. The van der Waals surface area contributed by atoms with Gasteiger partial charge in [0.15, 0.2) is 0 Å². The van der Waals surface area contributed by atoms with Crippen molar-refractivity contribution >= 4 is 0 Å². The Hall–Kier alpha value is -1.30. The topological polar surface area (TPSA) is 32.7 Å². The quantitative estimate of drug-likeness (QED) is 0.532. The number of aliphatic hydroxyl groups is 1. The van der Waals surface area contributed by atoms with E-state index in [1.807, 2.05) is 18.7 Å². The Labute approximate surface area is 131 Å². The van der Waals surface area contributed by atoms with Crippen LogP contribution < -0.4 is 0 Å². The smallest absolute Gasteiger partial charge is 0.130 e. The highest BCUT2D eigenvalue weighted by Crippen LogP contribution is 2.15. The molecule has 0 aromatic heterocycles. The Morgan fingerprint density at radius 3 is 2.73 bits per heavy atom. The fraction of sp³-hybridized carbons (Fsp3) is 0.529. The summed E-state index contributed by atoms with van der Waals surface area (Å²) in [5, 5.41) is 10.0. The number of nitrogens with zero attached hydrogens (tertiary/aromatic N) is 1. The maximum atomic E-state index is 13.8. The van der Waals surface area contributed by atoms with Crippen LogP contribution in [0.5, 0.6) is 0 Å². The number of hydrogen-bond acceptors (Lipinski definition) is 3. The molecule has 3 nitrogen and oxygen atoms in total. The monoisotopic (exact) mass is 313 g/mol. The number of benzene rings is 1. The maximum absolute atomic E-state index is 13.8. The summed E-state index contributed by atoms with van der Waals surface area (Å²) in [6, 6.07) is 3.74. The molecule has 1 aromatic rings. The molecule has 1 aromatic carbocycles. The summed E-state index contributed by atoms with van der Waals surface area (Å²) < 4.78 is 32.0. The average molecular weight is 313 g/mol. The Bertz CT molecular complexity index is 468. The first-order chi connectivity index (χ1) is 10.5. The van der Waals surface area contributed by atoms with Crippen molar-refractivity contribution in [1.29, 1.82) is 0 Å². The van der Waals surface area contributed by atoms with Crippen molar-refractivity contribution in [2.75, 3.05) is 19.8 Å². The van der Waals surface area contributed by atoms with E-state index in [9.17, 15) is 13.9 Å². The molecule has 0 heterocycles. The summed E-state index contributed by atoms with van der Waals surface area (Å²) in [7, 11) is 0. The van der Waals surface area contributed by atoms with Crippen LogP contribution in [-0.2, 0) is 11.3 Å². The van der Waals surface area contributed by atoms with E-state index in [-0.39, 0.29) is 12.6 Å². The lowest BCUT2D eigenvalue weighted by Crippen LogP contribution is -2.40. The molecular formula is C17H25F2NO2. The van der Waals surface area contributed by atoms with Crippen LogP contribution in [0.2, 0.25) is 0 Å². The molecule has 1 rings (SSSR count). The number of ether oxygens (including phenoxy) is 1. The lowest BCUT2D eigenvalue weighted by atomic mass is 10.1. The van der Waals surface area contributed by atoms with Crippen molar-refractivity contribution < 1.29 is 18.6 Å². The molecule has 0 saturated heterocycles. The van der Waals surface area contributed by atoms with Gasteiger partial charge in [-0.3, -0.25) is 4.90 Å². The van der Waals surface area contributed by atoms with Crippen molar-refractivity contribution in [2.24, 2.45) is 0 Å². The van der Waals surface area contributed by atoms with E-state index in [1.165, 1.54) is 12.1 Å². The summed E-state index contributed by atoms with van der Waals surface area (Å²) >= 11 is 0. The largest absolute Gasteiger partial charge is 0.389 e. The molecule has 0 saturated carbocycles. The normalized spacial score (nSPS) is 14.1. The molecule has 0 spiro atoms. The third-order valence-corrected chi connectivity index (χ3v) is 3.59. The van der Waals surface area contributed by atoms with Gasteiger partial charge in [-0.1, -0.05) is 19.1 Å². The van der Waals surface area contributed by atoms with Crippen molar-refractivity contribution in [2.45, 2.75) is 39.0 Å². The minimum Gasteiger partial charge on any atom is -0.389 e. The van der Waals surface area contributed by atoms with Crippen LogP contribution in [0.4, 0.5) is 8.78 Å². The second kappa shape index (κ2) is 9.66. The van der Waals surface area contributed by atoms with E-state index in [0.29, 0.717) is 25.3 Å². The lowest BCUT2D eigenvalue weighted by Gasteiger charge is -2.30. The molecule has 2 unspecified atom stereocenters. The van der Waals surface area contributed by atoms with Crippen molar-refractivity contribution in [3.8, 4) is 0 Å². The van der Waals surface area contributed by atoms with Gasteiger partial charge in [0.1, 0.15) is 11.6 Å². The molecular weight excluding hydrogens is 288 g/mol. The predicted molar refractivity (Wildman–Crippen MR) is 83.5 cm³/mol. The number of aliphatic hydroxyl groups excluding tert-OH is 1. The first-order valence-corrected chi connectivity index (χ1v) is 7.52. The molecule has 2 atom stereocenters. The molecule has 1 N–H and O–H groups in total. The van der Waals surface area contributed by atoms with Crippen LogP contribution in [0.15, 0.2) is 30.9 Å². The predicted octanol–water partition coefficient (Wildman–Crippen LogP) is 3.13. The van der Waals surface area contributed by atoms with Gasteiger partial charge in [0.05, 0.1) is 19.3 Å². The number of hydrogen-bond donors (Lipinski definition) is 1. The van der Waals surface area contributed by atoms with Gasteiger partial charge in [-0.15, -0.1) is 6.58 Å². The maximum Gasteiger partial charge on any atom is 0.130 e. The van der Waals surface area contributed by atoms with E-state index in [4.69, 9.17) is 4.74 Å². The van der Waals surface area contributed by atoms with E-state index < -0.39 is 17.7 Å². The van der Waals surface area contributed by atoms with Gasteiger partial charge in [-0.2, -0.15) is 0 Å². The molecule has 0 bridgehead atoms. The first-order valence-electron chi connectivity index (χ1n) is 7.52. The fourth-order valence-corrected chi connectivity index (χ4v) is 2.14. The van der Waals surface area contributed by atoms with E-state index in [1.54, 1.807) is 6.08 Å². The zero-order valence-corrected chi connectivity index (χ0v) is 13.3. The first kappa shape index (κ1) is 18.7. The summed E-state index contributed by atoms with van der Waals surface area (Å²) in [5.41, 5.74) is 0.418. The average Bonchev–Trinajstić information content (AvgIpc) is 2.48. The van der Waals surface area contributed by atoms with Gasteiger partial charge in [-0.25, -0.2) is 8.78 Å². The van der Waals surface area contributed by atoms with Crippen LogP contribution in [0, 0.1) is 11.6 Å². The molecule has 0 amide bonds.